The minimum Gasteiger partial charge on any atom is -0.305 e. The first-order valence-corrected chi connectivity index (χ1v) is 9.27. The Morgan fingerprint density at radius 1 is 1.18 bits per heavy atom. The van der Waals surface area contributed by atoms with Crippen LogP contribution in [-0.4, -0.2) is 32.9 Å². The first-order chi connectivity index (χ1) is 13.6. The second-order valence-electron chi connectivity index (χ2n) is 7.04. The van der Waals surface area contributed by atoms with Crippen LogP contribution in [0.5, 0.6) is 0 Å². The van der Waals surface area contributed by atoms with Crippen LogP contribution >= 0.6 is 0 Å². The Morgan fingerprint density at radius 3 is 2.89 bits per heavy atom. The number of nitrogens with zero attached hydrogens (tertiary/aromatic N) is 3. The van der Waals surface area contributed by atoms with Gasteiger partial charge >= 0.3 is 0 Å². The number of pyridine rings is 1. The third kappa shape index (κ3) is 4.14. The summed E-state index contributed by atoms with van der Waals surface area (Å²) in [5, 5.41) is 0. The first kappa shape index (κ1) is 18.4. The number of piperidine rings is 1. The highest BCUT2D eigenvalue weighted by atomic mass is 19.1. The predicted molar refractivity (Wildman–Crippen MR) is 102 cm³/mol. The van der Waals surface area contributed by atoms with Crippen molar-refractivity contribution in [2.75, 3.05) is 13.1 Å². The minimum atomic E-state index is -0.443. The molecule has 0 spiro atoms. The van der Waals surface area contributed by atoms with Gasteiger partial charge in [0.15, 0.2) is 5.82 Å². The van der Waals surface area contributed by atoms with Gasteiger partial charge in [-0.1, -0.05) is 6.07 Å². The largest absolute Gasteiger partial charge is 0.305 e. The maximum Gasteiger partial charge on any atom is 0.251 e. The third-order valence-electron chi connectivity index (χ3n) is 4.99. The van der Waals surface area contributed by atoms with Crippen LogP contribution in [0.1, 0.15) is 30.0 Å². The Kier molecular flexibility index (Phi) is 5.25. The summed E-state index contributed by atoms with van der Waals surface area (Å²) in [6, 6.07) is 10.5. The molecule has 0 amide bonds. The zero-order valence-electron chi connectivity index (χ0n) is 15.2. The minimum absolute atomic E-state index is 0.0510. The molecule has 1 aliphatic rings. The monoisotopic (exact) mass is 382 g/mol. The molecule has 0 unspecified atom stereocenters. The number of hydrogen-bond acceptors (Lipinski definition) is 4. The lowest BCUT2D eigenvalue weighted by Gasteiger charge is -2.32. The zero-order valence-corrected chi connectivity index (χ0v) is 15.2. The molecule has 1 fully saturated rings. The van der Waals surface area contributed by atoms with Crippen LogP contribution < -0.4 is 5.56 Å². The van der Waals surface area contributed by atoms with Crippen molar-refractivity contribution in [2.45, 2.75) is 25.3 Å². The summed E-state index contributed by atoms with van der Waals surface area (Å²) in [5.74, 6) is -0.358. The molecular weight excluding hydrogens is 362 g/mol. The lowest BCUT2D eigenvalue weighted by atomic mass is 9.94. The lowest BCUT2D eigenvalue weighted by Crippen LogP contribution is -2.35. The lowest BCUT2D eigenvalue weighted by molar-refractivity contribution is 0.196. The van der Waals surface area contributed by atoms with Gasteiger partial charge in [-0.15, -0.1) is 0 Å². The topological polar surface area (TPSA) is 61.9 Å². The average molecular weight is 382 g/mol. The van der Waals surface area contributed by atoms with Gasteiger partial charge in [-0.2, -0.15) is 0 Å². The van der Waals surface area contributed by atoms with Crippen molar-refractivity contribution in [3.8, 4) is 11.5 Å². The van der Waals surface area contributed by atoms with E-state index >= 15 is 0 Å². The molecule has 0 saturated carbocycles. The van der Waals surface area contributed by atoms with E-state index in [9.17, 15) is 13.6 Å². The van der Waals surface area contributed by atoms with Gasteiger partial charge < -0.3 is 4.98 Å². The van der Waals surface area contributed by atoms with Crippen molar-refractivity contribution < 1.29 is 8.78 Å². The summed E-state index contributed by atoms with van der Waals surface area (Å²) < 4.78 is 27.4. The summed E-state index contributed by atoms with van der Waals surface area (Å²) in [6.45, 7) is 1.76. The molecule has 0 bridgehead atoms. The number of halogens is 2. The number of likely N-dealkylation sites (tertiary alicyclic amines) is 1. The summed E-state index contributed by atoms with van der Waals surface area (Å²) in [5.41, 5.74) is 1.43. The summed E-state index contributed by atoms with van der Waals surface area (Å²) in [6.07, 6.45) is 3.44. The van der Waals surface area contributed by atoms with E-state index in [4.69, 9.17) is 0 Å². The van der Waals surface area contributed by atoms with Crippen LogP contribution in [0.4, 0.5) is 8.78 Å². The normalized spacial score (nSPS) is 17.6. The maximum absolute atomic E-state index is 14.0. The Balaban J connectivity index is 1.55. The van der Waals surface area contributed by atoms with E-state index in [1.54, 1.807) is 18.3 Å². The van der Waals surface area contributed by atoms with Crippen molar-refractivity contribution in [1.29, 1.82) is 0 Å². The van der Waals surface area contributed by atoms with Gasteiger partial charge in [0.25, 0.3) is 5.56 Å². The molecule has 7 heteroatoms. The molecular formula is C21H20F2N4O. The molecule has 1 aromatic carbocycles. The molecule has 2 aromatic heterocycles. The van der Waals surface area contributed by atoms with Gasteiger partial charge in [-0.05, 0) is 49.7 Å². The molecule has 4 rings (SSSR count). The van der Waals surface area contributed by atoms with Crippen LogP contribution in [0, 0.1) is 11.6 Å². The summed E-state index contributed by atoms with van der Waals surface area (Å²) in [7, 11) is 0. The van der Waals surface area contributed by atoms with E-state index in [0.29, 0.717) is 35.9 Å². The van der Waals surface area contributed by atoms with E-state index < -0.39 is 11.6 Å². The second-order valence-corrected chi connectivity index (χ2v) is 7.04. The molecule has 144 valence electrons. The molecule has 3 aromatic rings. The Morgan fingerprint density at radius 2 is 2.07 bits per heavy atom. The van der Waals surface area contributed by atoms with E-state index in [-0.39, 0.29) is 11.5 Å². The second kappa shape index (κ2) is 7.98. The van der Waals surface area contributed by atoms with Crippen LogP contribution in [0.3, 0.4) is 0 Å². The summed E-state index contributed by atoms with van der Waals surface area (Å²) in [4.78, 5) is 25.8. The molecule has 1 saturated heterocycles. The quantitative estimate of drug-likeness (QED) is 0.750. The third-order valence-corrected chi connectivity index (χ3v) is 4.99. The average Bonchev–Trinajstić information content (AvgIpc) is 2.71. The van der Waals surface area contributed by atoms with Crippen LogP contribution in [-0.2, 0) is 6.54 Å². The van der Waals surface area contributed by atoms with E-state index in [1.807, 2.05) is 6.07 Å². The number of benzene rings is 1. The molecule has 0 radical (unpaired) electrons. The number of H-pyrrole nitrogens is 1. The highest BCUT2D eigenvalue weighted by molar-refractivity contribution is 5.48. The van der Waals surface area contributed by atoms with Gasteiger partial charge in [-0.3, -0.25) is 14.7 Å². The summed E-state index contributed by atoms with van der Waals surface area (Å²) >= 11 is 0. The Labute approximate surface area is 161 Å². The first-order valence-electron chi connectivity index (χ1n) is 9.27. The molecule has 28 heavy (non-hydrogen) atoms. The van der Waals surface area contributed by atoms with Gasteiger partial charge in [0.2, 0.25) is 0 Å². The van der Waals surface area contributed by atoms with Crippen molar-refractivity contribution in [3.05, 3.63) is 81.9 Å². The Hall–Kier alpha value is -2.93. The van der Waals surface area contributed by atoms with E-state index in [0.717, 1.165) is 31.5 Å². The molecule has 3 heterocycles. The SMILES string of the molecule is O=c1cc([C@@H]2CCCN(Cc3cc(F)ccc3F)C2)nc(-c2ccccn2)[nH]1. The highest BCUT2D eigenvalue weighted by Crippen LogP contribution is 2.27. The van der Waals surface area contributed by atoms with Gasteiger partial charge in [0.05, 0.1) is 5.69 Å². The van der Waals surface area contributed by atoms with Gasteiger partial charge in [0.1, 0.15) is 17.3 Å². The molecule has 5 nitrogen and oxygen atoms in total. The fourth-order valence-corrected chi connectivity index (χ4v) is 3.66. The van der Waals surface area contributed by atoms with E-state index in [1.165, 1.54) is 12.1 Å². The highest BCUT2D eigenvalue weighted by Gasteiger charge is 2.24. The smallest absolute Gasteiger partial charge is 0.251 e. The van der Waals surface area contributed by atoms with Crippen molar-refractivity contribution in [1.82, 2.24) is 19.9 Å². The number of hydrogen-bond donors (Lipinski definition) is 1. The van der Waals surface area contributed by atoms with Crippen LogP contribution in [0.25, 0.3) is 11.5 Å². The van der Waals surface area contributed by atoms with Crippen LogP contribution in [0.2, 0.25) is 0 Å². The zero-order chi connectivity index (χ0) is 19.5. The molecule has 1 atom stereocenters. The maximum atomic E-state index is 14.0. The Bertz CT molecular complexity index is 1020. The number of aromatic nitrogens is 3. The van der Waals surface area contributed by atoms with Gasteiger partial charge in [-0.25, -0.2) is 13.8 Å². The van der Waals surface area contributed by atoms with Crippen LogP contribution in [0.15, 0.2) is 53.5 Å². The molecule has 1 N–H and O–H groups in total. The molecule has 1 aliphatic heterocycles. The fourth-order valence-electron chi connectivity index (χ4n) is 3.66. The molecule has 0 aliphatic carbocycles. The van der Waals surface area contributed by atoms with Crippen molar-refractivity contribution in [2.24, 2.45) is 0 Å². The van der Waals surface area contributed by atoms with Gasteiger partial charge in [0, 0.05) is 36.8 Å². The van der Waals surface area contributed by atoms with Crippen molar-refractivity contribution in [3.63, 3.8) is 0 Å². The predicted octanol–water partition coefficient (Wildman–Crippen LogP) is 3.49. The van der Waals surface area contributed by atoms with E-state index in [2.05, 4.69) is 19.9 Å². The fraction of sp³-hybridized carbons (Fsp3) is 0.286. The number of aromatic amines is 1. The standard InChI is InChI=1S/C21H20F2N4O/c22-16-6-7-17(23)15(10-16)13-27-9-3-4-14(12-27)19-11-20(28)26-21(25-19)18-5-1-2-8-24-18/h1-2,5-8,10-11,14H,3-4,9,12-13H2,(H,25,26,28)/t14-/m1/s1. The van der Waals surface area contributed by atoms with Crippen molar-refractivity contribution >= 4 is 0 Å². The number of nitrogens with one attached hydrogen (secondary N) is 1. The number of rotatable bonds is 4.